The van der Waals surface area contributed by atoms with Crippen molar-refractivity contribution in [3.05, 3.63) is 46.1 Å². The first-order chi connectivity index (χ1) is 15.9. The summed E-state index contributed by atoms with van der Waals surface area (Å²) in [6.45, 7) is 4.06. The number of benzene rings is 1. The summed E-state index contributed by atoms with van der Waals surface area (Å²) in [5.74, 6) is -2.62. The molecule has 34 heavy (non-hydrogen) atoms. The summed E-state index contributed by atoms with van der Waals surface area (Å²) in [5, 5.41) is 13.9. The highest BCUT2D eigenvalue weighted by Gasteiger charge is 2.33. The highest BCUT2D eigenvalue weighted by Crippen LogP contribution is 2.32. The minimum atomic E-state index is -4.86. The molecule has 0 unspecified atom stereocenters. The molecule has 3 atom stereocenters. The molecule has 0 radical (unpaired) electrons. The highest BCUT2D eigenvalue weighted by atomic mass is 19.4. The van der Waals surface area contributed by atoms with E-state index >= 15 is 0 Å². The highest BCUT2D eigenvalue weighted by molar-refractivity contribution is 5.85. The van der Waals surface area contributed by atoms with Crippen LogP contribution in [0.5, 0.6) is 0 Å². The van der Waals surface area contributed by atoms with Gasteiger partial charge in [-0.25, -0.2) is 4.39 Å². The van der Waals surface area contributed by atoms with Crippen molar-refractivity contribution in [3.8, 4) is 6.07 Å². The number of alkyl halides is 3. The van der Waals surface area contributed by atoms with Crippen LogP contribution in [0, 0.1) is 29.0 Å². The Balaban J connectivity index is 1.98. The van der Waals surface area contributed by atoms with Crippen molar-refractivity contribution in [3.63, 3.8) is 0 Å². The van der Waals surface area contributed by atoms with Crippen LogP contribution in [-0.2, 0) is 15.8 Å². The first-order valence-electron chi connectivity index (χ1n) is 10.8. The molecule has 0 bridgehead atoms. The molecule has 1 aliphatic rings. The van der Waals surface area contributed by atoms with Crippen LogP contribution in [0.15, 0.2) is 29.2 Å². The summed E-state index contributed by atoms with van der Waals surface area (Å²) >= 11 is 0. The molecule has 1 aromatic heterocycles. The molecule has 7 nitrogen and oxygen atoms in total. The van der Waals surface area contributed by atoms with Crippen molar-refractivity contribution >= 4 is 22.6 Å². The van der Waals surface area contributed by atoms with Gasteiger partial charge in [-0.2, -0.15) is 18.4 Å². The molecule has 182 valence electrons. The molecule has 0 saturated carbocycles. The van der Waals surface area contributed by atoms with Crippen LogP contribution in [0.4, 0.5) is 17.6 Å². The second kappa shape index (κ2) is 9.83. The number of nitrogens with one attached hydrogen (secondary N) is 2. The number of hydrogen-bond acceptors (Lipinski definition) is 4. The second-order valence-electron chi connectivity index (χ2n) is 8.79. The Kier molecular flexibility index (Phi) is 7.29. The van der Waals surface area contributed by atoms with Crippen LogP contribution in [0.3, 0.4) is 0 Å². The Bertz CT molecular complexity index is 1200. The lowest BCUT2D eigenvalue weighted by Crippen LogP contribution is -2.43. The number of carbonyl (C=O) groups is 2. The summed E-state index contributed by atoms with van der Waals surface area (Å²) in [7, 11) is 0. The Labute approximate surface area is 192 Å². The van der Waals surface area contributed by atoms with E-state index < -0.39 is 52.4 Å². The van der Waals surface area contributed by atoms with E-state index in [0.29, 0.717) is 25.1 Å². The van der Waals surface area contributed by atoms with E-state index in [1.807, 2.05) is 6.07 Å². The Morgan fingerprint density at radius 1 is 1.29 bits per heavy atom. The molecule has 0 spiro atoms. The van der Waals surface area contributed by atoms with Gasteiger partial charge in [0.05, 0.1) is 17.0 Å². The van der Waals surface area contributed by atoms with Crippen molar-refractivity contribution in [1.82, 2.24) is 15.2 Å². The fourth-order valence-corrected chi connectivity index (χ4v) is 4.09. The predicted octanol–water partition coefficient (Wildman–Crippen LogP) is 3.28. The minimum absolute atomic E-state index is 0.0925. The summed E-state index contributed by atoms with van der Waals surface area (Å²) in [4.78, 5) is 38.0. The molecule has 1 aliphatic heterocycles. The fourth-order valence-electron chi connectivity index (χ4n) is 4.09. The van der Waals surface area contributed by atoms with Gasteiger partial charge in [-0.1, -0.05) is 13.8 Å². The molecule has 2 amide bonds. The zero-order chi connectivity index (χ0) is 25.2. The molecule has 0 aliphatic carbocycles. The summed E-state index contributed by atoms with van der Waals surface area (Å²) in [6.07, 6.45) is -2.93. The van der Waals surface area contributed by atoms with Crippen LogP contribution in [0.25, 0.3) is 10.8 Å². The number of nitrogens with zero attached hydrogens (tertiary/aromatic N) is 2. The molecule has 2 heterocycles. The number of fused-ring (bicyclic) bond motifs is 1. The normalized spacial score (nSPS) is 17.9. The maximum Gasteiger partial charge on any atom is 0.416 e. The molecule has 1 fully saturated rings. The number of hydrogen-bond donors (Lipinski definition) is 2. The zero-order valence-electron chi connectivity index (χ0n) is 18.6. The second-order valence-corrected chi connectivity index (χ2v) is 8.79. The van der Waals surface area contributed by atoms with E-state index in [9.17, 15) is 37.2 Å². The number of pyridine rings is 1. The van der Waals surface area contributed by atoms with Gasteiger partial charge in [0.25, 0.3) is 5.56 Å². The van der Waals surface area contributed by atoms with Gasteiger partial charge in [-0.15, -0.1) is 0 Å². The van der Waals surface area contributed by atoms with Crippen molar-refractivity contribution < 1.29 is 27.2 Å². The van der Waals surface area contributed by atoms with E-state index in [2.05, 4.69) is 10.6 Å². The largest absolute Gasteiger partial charge is 0.416 e. The number of carbonyl (C=O) groups excluding carboxylic acids is 2. The number of aromatic nitrogens is 1. The van der Waals surface area contributed by atoms with Gasteiger partial charge in [0.2, 0.25) is 11.8 Å². The van der Waals surface area contributed by atoms with E-state index in [0.717, 1.165) is 10.6 Å². The Hall–Kier alpha value is -3.42. The zero-order valence-corrected chi connectivity index (χ0v) is 18.6. The van der Waals surface area contributed by atoms with Gasteiger partial charge in [0.15, 0.2) is 0 Å². The first kappa shape index (κ1) is 25.2. The summed E-state index contributed by atoms with van der Waals surface area (Å²) in [6, 6.07) is 1.83. The maximum atomic E-state index is 14.3. The van der Waals surface area contributed by atoms with Gasteiger partial charge in [-0.05, 0) is 43.4 Å². The molecule has 3 rings (SSSR count). The van der Waals surface area contributed by atoms with Crippen LogP contribution in [0.2, 0.25) is 0 Å². The van der Waals surface area contributed by atoms with Crippen molar-refractivity contribution in [1.29, 1.82) is 5.26 Å². The average molecular weight is 480 g/mol. The monoisotopic (exact) mass is 480 g/mol. The maximum absolute atomic E-state index is 14.3. The van der Waals surface area contributed by atoms with E-state index in [1.54, 1.807) is 13.8 Å². The number of rotatable bonds is 7. The molecule has 2 N–H and O–H groups in total. The predicted molar refractivity (Wildman–Crippen MR) is 115 cm³/mol. The lowest BCUT2D eigenvalue weighted by Gasteiger charge is -2.24. The van der Waals surface area contributed by atoms with Crippen molar-refractivity contribution in [2.24, 2.45) is 11.8 Å². The fraction of sp³-hybridized carbons (Fsp3) is 0.478. The Morgan fingerprint density at radius 2 is 2.00 bits per heavy atom. The van der Waals surface area contributed by atoms with Crippen LogP contribution >= 0.6 is 0 Å². The number of amides is 2. The average Bonchev–Trinajstić information content (AvgIpc) is 3.15. The SMILES string of the molecule is CC(C)C[C@@H](C(=O)N[C@H](C#N)C[C@@H]1CCNC1=O)n1ccc2c(F)cc(C(F)(F)F)cc2c1=O. The summed E-state index contributed by atoms with van der Waals surface area (Å²) < 4.78 is 54.8. The van der Waals surface area contributed by atoms with Crippen LogP contribution < -0.4 is 16.2 Å². The first-order valence-corrected chi connectivity index (χ1v) is 10.8. The molecule has 1 saturated heterocycles. The quantitative estimate of drug-likeness (QED) is 0.594. The third-order valence-corrected chi connectivity index (χ3v) is 5.81. The van der Waals surface area contributed by atoms with Crippen molar-refractivity contribution in [2.45, 2.75) is 51.4 Å². The standard InChI is InChI=1S/C23H24F4N4O3/c1-12(2)7-19(21(33)30-15(11-28)8-13-3-5-29-20(13)32)31-6-4-16-17(22(31)34)9-14(10-18(16)24)23(25,26)27/h4,6,9-10,12-13,15,19H,3,5,7-8H2,1-2H3,(H,29,32)(H,30,33)/t13-,15-,19-/m0/s1. The molecular weight excluding hydrogens is 456 g/mol. The third kappa shape index (κ3) is 5.38. The van der Waals surface area contributed by atoms with E-state index in [-0.39, 0.29) is 30.1 Å². The van der Waals surface area contributed by atoms with Crippen LogP contribution in [-0.4, -0.2) is 29.0 Å². The third-order valence-electron chi connectivity index (χ3n) is 5.81. The lowest BCUT2D eigenvalue weighted by molar-refractivity contribution is -0.137. The molecule has 1 aromatic carbocycles. The van der Waals surface area contributed by atoms with Crippen molar-refractivity contribution in [2.75, 3.05) is 6.54 Å². The summed E-state index contributed by atoms with van der Waals surface area (Å²) in [5.41, 5.74) is -2.26. The van der Waals surface area contributed by atoms with Crippen LogP contribution in [0.1, 0.15) is 44.7 Å². The Morgan fingerprint density at radius 3 is 2.56 bits per heavy atom. The molecule has 11 heteroatoms. The topological polar surface area (TPSA) is 104 Å². The lowest BCUT2D eigenvalue weighted by atomic mass is 9.97. The molecular formula is C23H24F4N4O3. The van der Waals surface area contributed by atoms with Gasteiger partial charge < -0.3 is 15.2 Å². The van der Waals surface area contributed by atoms with Gasteiger partial charge in [0.1, 0.15) is 17.9 Å². The number of halogens is 4. The smallest absolute Gasteiger partial charge is 0.356 e. The number of nitriles is 1. The minimum Gasteiger partial charge on any atom is -0.356 e. The van der Waals surface area contributed by atoms with Gasteiger partial charge in [0, 0.05) is 24.0 Å². The van der Waals surface area contributed by atoms with Gasteiger partial charge in [-0.3, -0.25) is 14.4 Å². The van der Waals surface area contributed by atoms with E-state index in [1.165, 1.54) is 6.20 Å². The van der Waals surface area contributed by atoms with E-state index in [4.69, 9.17) is 0 Å². The molecule has 2 aromatic rings. The van der Waals surface area contributed by atoms with Gasteiger partial charge >= 0.3 is 6.18 Å².